The van der Waals surface area contributed by atoms with Crippen LogP contribution in [0.15, 0.2) is 10.6 Å². The van der Waals surface area contributed by atoms with Crippen LogP contribution in [-0.2, 0) is 0 Å². The van der Waals surface area contributed by atoms with Gasteiger partial charge in [-0.3, -0.25) is 4.70 Å². The maximum absolute atomic E-state index is 11.2. The molecule has 0 saturated heterocycles. The summed E-state index contributed by atoms with van der Waals surface area (Å²) >= 11 is 9.17. The van der Waals surface area contributed by atoms with Gasteiger partial charge in [0.05, 0.1) is 0 Å². The Hall–Kier alpha value is 0.0400. The number of hydrogen-bond acceptors (Lipinski definition) is 0. The minimum atomic E-state index is -4.50. The Morgan fingerprint density at radius 1 is 1.33 bits per heavy atom. The van der Waals surface area contributed by atoms with E-state index in [9.17, 15) is 13.2 Å². The predicted octanol–water partition coefficient (Wildman–Crippen LogP) is 3.02. The molecule has 0 bridgehead atoms. The second-order valence-electron chi connectivity index (χ2n) is 0.955. The molecule has 0 N–H and O–H groups in total. The van der Waals surface area contributed by atoms with E-state index in [0.29, 0.717) is 0 Å². The van der Waals surface area contributed by atoms with Gasteiger partial charge in [0, 0.05) is 5.54 Å². The Balaban J connectivity index is 0. The molecule has 6 heteroatoms. The summed E-state index contributed by atoms with van der Waals surface area (Å²) in [5, 5.41) is -1.31. The minimum absolute atomic E-state index is 0. The first-order valence-electron chi connectivity index (χ1n) is 1.51. The molecule has 0 aromatic carbocycles. The van der Waals surface area contributed by atoms with E-state index in [2.05, 4.69) is 23.2 Å². The molecule has 0 aliphatic rings. The van der Waals surface area contributed by atoms with Crippen LogP contribution in [0.2, 0.25) is 0 Å². The van der Waals surface area contributed by atoms with Crippen molar-refractivity contribution in [3.8, 4) is 0 Å². The van der Waals surface area contributed by atoms with Gasteiger partial charge in [-0.1, -0.05) is 23.2 Å². The first-order valence-corrected chi connectivity index (χ1v) is 2.33. The van der Waals surface area contributed by atoms with Crippen LogP contribution >= 0.6 is 23.2 Å². The van der Waals surface area contributed by atoms with Crippen LogP contribution in [0.3, 0.4) is 0 Å². The zero-order valence-corrected chi connectivity index (χ0v) is 5.39. The number of hydrogen-bond donors (Lipinski definition) is 0. The Morgan fingerprint density at radius 2 is 1.67 bits per heavy atom. The molecule has 0 aromatic heterocycles. The average molecular weight is 185 g/mol. The van der Waals surface area contributed by atoms with E-state index in [1.165, 1.54) is 0 Å². The van der Waals surface area contributed by atoms with Gasteiger partial charge in [-0.2, -0.15) is 13.2 Å². The third-order valence-corrected chi connectivity index (χ3v) is 1.02. The molecule has 56 valence electrons. The molecule has 0 unspecified atom stereocenters. The Bertz CT molecular complexity index is 105. The summed E-state index contributed by atoms with van der Waals surface area (Å²) in [7, 11) is 0. The van der Waals surface area contributed by atoms with Crippen LogP contribution in [0, 0.1) is 0 Å². The van der Waals surface area contributed by atoms with Gasteiger partial charge in [0.1, 0.15) is 5.03 Å². The highest BCUT2D eigenvalue weighted by atomic mass is 35.5. The van der Waals surface area contributed by atoms with E-state index in [-0.39, 0.29) is 10.2 Å². The molecule has 9 heavy (non-hydrogen) atoms. The van der Waals surface area contributed by atoms with E-state index in [0.717, 1.165) is 0 Å². The molecule has 0 radical (unpaired) electrons. The van der Waals surface area contributed by atoms with E-state index in [1.54, 1.807) is 0 Å². The monoisotopic (exact) mass is 184 g/mol. The third kappa shape index (κ3) is 4.54. The van der Waals surface area contributed by atoms with Crippen molar-refractivity contribution in [2.24, 2.45) is 0 Å². The maximum atomic E-state index is 11.2. The lowest BCUT2D eigenvalue weighted by molar-refractivity contribution is -0.0843. The summed E-state index contributed by atoms with van der Waals surface area (Å²) in [6.07, 6.45) is -4.50. The van der Waals surface area contributed by atoms with Gasteiger partial charge >= 0.3 is 6.18 Å². The highest BCUT2D eigenvalue weighted by molar-refractivity contribution is 6.37. The quantitative estimate of drug-likeness (QED) is 0.508. The lowest BCUT2D eigenvalue weighted by atomic mass is 10.6. The molecule has 0 heterocycles. The average Bonchev–Trinajstić information content (AvgIpc) is 1.62. The van der Waals surface area contributed by atoms with Gasteiger partial charge in [0.15, 0.2) is 0 Å². The maximum Gasteiger partial charge on any atom is 0.427 e. The summed E-state index contributed by atoms with van der Waals surface area (Å²) in [6.45, 7) is 0. The highest BCUT2D eigenvalue weighted by Crippen LogP contribution is 2.28. The minimum Gasteiger partial charge on any atom is -0.269 e. The molecule has 0 fully saturated rings. The fraction of sp³-hybridized carbons (Fsp3) is 0.333. The van der Waals surface area contributed by atoms with Crippen LogP contribution < -0.4 is 0 Å². The predicted molar refractivity (Wildman–Crippen MR) is 28.3 cm³/mol. The van der Waals surface area contributed by atoms with Crippen molar-refractivity contribution in [3.05, 3.63) is 10.6 Å². The SMILES string of the molecule is F.FC(F)(F)C(Cl)=CCl. The fourth-order valence-corrected chi connectivity index (χ4v) is 0.186. The molecule has 0 atom stereocenters. The van der Waals surface area contributed by atoms with Crippen molar-refractivity contribution in [1.82, 2.24) is 0 Å². The van der Waals surface area contributed by atoms with E-state index in [1.807, 2.05) is 0 Å². The Labute approximate surface area is 58.6 Å². The molecule has 0 aliphatic carbocycles. The fourth-order valence-electron chi connectivity index (χ4n) is 0.0619. The molecular weight excluding hydrogens is 183 g/mol. The summed E-state index contributed by atoms with van der Waals surface area (Å²) in [5.41, 5.74) is 0.279. The smallest absolute Gasteiger partial charge is 0.269 e. The second kappa shape index (κ2) is 3.95. The normalized spacial score (nSPS) is 12.8. The van der Waals surface area contributed by atoms with Crippen LogP contribution in [-0.4, -0.2) is 6.18 Å². The number of allylic oxidation sites excluding steroid dienone is 1. The standard InChI is InChI=1S/C3HCl2F3.FH/c4-1-2(5)3(6,7)8;/h1H;1H. The van der Waals surface area contributed by atoms with Crippen LogP contribution in [0.5, 0.6) is 0 Å². The van der Waals surface area contributed by atoms with Crippen molar-refractivity contribution >= 4 is 23.2 Å². The van der Waals surface area contributed by atoms with Crippen molar-refractivity contribution < 1.29 is 17.9 Å². The number of alkyl halides is 3. The zero-order valence-electron chi connectivity index (χ0n) is 3.88. The topological polar surface area (TPSA) is 0 Å². The summed E-state index contributed by atoms with van der Waals surface area (Å²) in [4.78, 5) is 0. The molecule has 0 rings (SSSR count). The molecule has 0 amide bonds. The van der Waals surface area contributed by atoms with Gasteiger partial charge in [0.2, 0.25) is 0 Å². The Morgan fingerprint density at radius 3 is 1.67 bits per heavy atom. The van der Waals surface area contributed by atoms with Gasteiger partial charge in [-0.25, -0.2) is 0 Å². The van der Waals surface area contributed by atoms with E-state index in [4.69, 9.17) is 0 Å². The number of rotatable bonds is 0. The molecule has 0 nitrogen and oxygen atoms in total. The zero-order chi connectivity index (χ0) is 6.78. The van der Waals surface area contributed by atoms with E-state index >= 15 is 0 Å². The highest BCUT2D eigenvalue weighted by Gasteiger charge is 2.31. The van der Waals surface area contributed by atoms with Crippen molar-refractivity contribution in [2.45, 2.75) is 6.18 Å². The molecular formula is C3H2Cl2F4. The van der Waals surface area contributed by atoms with Gasteiger partial charge in [-0.15, -0.1) is 0 Å². The summed E-state index contributed by atoms with van der Waals surface area (Å²) in [5.74, 6) is 0. The van der Waals surface area contributed by atoms with Crippen LogP contribution in [0.25, 0.3) is 0 Å². The van der Waals surface area contributed by atoms with Crippen molar-refractivity contribution in [1.29, 1.82) is 0 Å². The first-order chi connectivity index (χ1) is 3.48. The third-order valence-electron chi connectivity index (χ3n) is 0.367. The largest absolute Gasteiger partial charge is 0.427 e. The lowest BCUT2D eigenvalue weighted by Crippen LogP contribution is -2.05. The summed E-state index contributed by atoms with van der Waals surface area (Å²) < 4.78 is 33.5. The molecule has 0 aromatic rings. The van der Waals surface area contributed by atoms with Crippen LogP contribution in [0.1, 0.15) is 0 Å². The first kappa shape index (κ1) is 11.8. The second-order valence-corrected chi connectivity index (χ2v) is 1.58. The number of halogens is 6. The van der Waals surface area contributed by atoms with Gasteiger partial charge in [0.25, 0.3) is 0 Å². The van der Waals surface area contributed by atoms with Crippen molar-refractivity contribution in [2.75, 3.05) is 0 Å². The van der Waals surface area contributed by atoms with Gasteiger partial charge < -0.3 is 0 Å². The summed E-state index contributed by atoms with van der Waals surface area (Å²) in [6, 6.07) is 0. The lowest BCUT2D eigenvalue weighted by Gasteiger charge is -1.99. The van der Waals surface area contributed by atoms with Gasteiger partial charge in [-0.05, 0) is 0 Å². The van der Waals surface area contributed by atoms with E-state index < -0.39 is 11.2 Å². The van der Waals surface area contributed by atoms with Crippen molar-refractivity contribution in [3.63, 3.8) is 0 Å². The molecule has 0 saturated carbocycles. The van der Waals surface area contributed by atoms with Crippen LogP contribution in [0.4, 0.5) is 17.9 Å². The molecule has 0 spiro atoms. The Kier molecular flexibility index (Phi) is 5.18. The molecule has 0 aliphatic heterocycles.